The van der Waals surface area contributed by atoms with Gasteiger partial charge in [0, 0.05) is 15.8 Å². The summed E-state index contributed by atoms with van der Waals surface area (Å²) < 4.78 is 6.48. The summed E-state index contributed by atoms with van der Waals surface area (Å²) in [5.41, 5.74) is 0.179. The summed E-state index contributed by atoms with van der Waals surface area (Å²) in [6, 6.07) is 7.10. The fraction of sp³-hybridized carbons (Fsp3) is 0.500. The van der Waals surface area contributed by atoms with Crippen LogP contribution in [-0.4, -0.2) is 35.1 Å². The number of hydrogen-bond donors (Lipinski definition) is 1. The quantitative estimate of drug-likeness (QED) is 0.750. The minimum atomic E-state index is -0.559. The Labute approximate surface area is 144 Å². The molecule has 22 heavy (non-hydrogen) atoms. The summed E-state index contributed by atoms with van der Waals surface area (Å²) in [6.45, 7) is 6.02. The topological polar surface area (TPSA) is 58.6 Å². The average molecular weight is 416 g/mol. The molecule has 1 heterocycles. The van der Waals surface area contributed by atoms with E-state index in [0.717, 1.165) is 15.7 Å². The largest absolute Gasteiger partial charge is 0.444 e. The lowest BCUT2D eigenvalue weighted by atomic mass is 10.2. The molecular formula is C16H21IN2O3. The third-order valence-corrected chi connectivity index (χ3v) is 4.01. The fourth-order valence-electron chi connectivity index (χ4n) is 2.34. The van der Waals surface area contributed by atoms with Crippen molar-refractivity contribution in [1.82, 2.24) is 4.90 Å². The lowest BCUT2D eigenvalue weighted by Crippen LogP contribution is -2.45. The number of carbonyl (C=O) groups excluding carboxylic acids is 2. The lowest BCUT2D eigenvalue weighted by molar-refractivity contribution is -0.120. The highest BCUT2D eigenvalue weighted by Gasteiger charge is 2.36. The van der Waals surface area contributed by atoms with Gasteiger partial charge < -0.3 is 10.1 Å². The van der Waals surface area contributed by atoms with Gasteiger partial charge in [-0.25, -0.2) is 4.79 Å². The molecule has 1 atom stereocenters. The lowest BCUT2D eigenvalue weighted by Gasteiger charge is -2.28. The van der Waals surface area contributed by atoms with Gasteiger partial charge in [0.25, 0.3) is 0 Å². The van der Waals surface area contributed by atoms with E-state index in [-0.39, 0.29) is 5.91 Å². The van der Waals surface area contributed by atoms with Gasteiger partial charge in [-0.15, -0.1) is 0 Å². The molecule has 2 rings (SSSR count). The molecule has 0 saturated carbocycles. The van der Waals surface area contributed by atoms with Crippen LogP contribution in [0.5, 0.6) is 0 Å². The molecule has 2 amide bonds. The van der Waals surface area contributed by atoms with Gasteiger partial charge in [-0.1, -0.05) is 0 Å². The van der Waals surface area contributed by atoms with E-state index in [1.165, 1.54) is 4.90 Å². The van der Waals surface area contributed by atoms with E-state index in [9.17, 15) is 9.59 Å². The average Bonchev–Trinajstić information content (AvgIpc) is 2.89. The van der Waals surface area contributed by atoms with Gasteiger partial charge in [-0.2, -0.15) is 0 Å². The summed E-state index contributed by atoms with van der Waals surface area (Å²) >= 11 is 2.21. The molecule has 0 bridgehead atoms. The van der Waals surface area contributed by atoms with Crippen molar-refractivity contribution in [2.45, 2.75) is 45.3 Å². The zero-order valence-corrected chi connectivity index (χ0v) is 15.2. The monoisotopic (exact) mass is 416 g/mol. The number of anilines is 1. The number of nitrogens with zero attached hydrogens (tertiary/aromatic N) is 1. The van der Waals surface area contributed by atoms with Crippen LogP contribution in [0.25, 0.3) is 0 Å². The SMILES string of the molecule is CC(C)(C)OC(=O)N1CCC[C@@H]1C(=O)Nc1ccc(I)cc1. The summed E-state index contributed by atoms with van der Waals surface area (Å²) in [6.07, 6.45) is 1.05. The van der Waals surface area contributed by atoms with Crippen LogP contribution in [0.4, 0.5) is 10.5 Å². The predicted molar refractivity (Wildman–Crippen MR) is 93.8 cm³/mol. The highest BCUT2D eigenvalue weighted by atomic mass is 127. The fourth-order valence-corrected chi connectivity index (χ4v) is 2.70. The standard InChI is InChI=1S/C16H21IN2O3/c1-16(2,3)22-15(21)19-10-4-5-13(19)14(20)18-12-8-6-11(17)7-9-12/h6-9,13H,4-5,10H2,1-3H3,(H,18,20)/t13-/m1/s1. The van der Waals surface area contributed by atoms with Crippen molar-refractivity contribution in [2.24, 2.45) is 0 Å². The zero-order valence-electron chi connectivity index (χ0n) is 13.1. The van der Waals surface area contributed by atoms with Crippen molar-refractivity contribution in [3.8, 4) is 0 Å². The number of hydrogen-bond acceptors (Lipinski definition) is 3. The summed E-state index contributed by atoms with van der Waals surface area (Å²) in [5, 5.41) is 2.87. The van der Waals surface area contributed by atoms with Crippen LogP contribution in [0.1, 0.15) is 33.6 Å². The first-order valence-corrected chi connectivity index (χ1v) is 8.40. The second-order valence-electron chi connectivity index (χ2n) is 6.33. The first-order valence-electron chi connectivity index (χ1n) is 7.32. The Morgan fingerprint density at radius 2 is 1.91 bits per heavy atom. The number of nitrogens with one attached hydrogen (secondary N) is 1. The van der Waals surface area contributed by atoms with E-state index in [0.29, 0.717) is 13.0 Å². The molecule has 0 radical (unpaired) electrons. The molecule has 1 N–H and O–H groups in total. The maximum Gasteiger partial charge on any atom is 0.410 e. The number of rotatable bonds is 2. The number of amides is 2. The molecule has 6 heteroatoms. The van der Waals surface area contributed by atoms with Crippen molar-refractivity contribution >= 4 is 40.3 Å². The number of likely N-dealkylation sites (tertiary alicyclic amines) is 1. The highest BCUT2D eigenvalue weighted by Crippen LogP contribution is 2.22. The van der Waals surface area contributed by atoms with Crippen LogP contribution in [-0.2, 0) is 9.53 Å². The number of halogens is 1. The molecule has 5 nitrogen and oxygen atoms in total. The molecule has 1 aliphatic rings. The maximum absolute atomic E-state index is 12.4. The Morgan fingerprint density at radius 1 is 1.27 bits per heavy atom. The molecule has 0 aromatic heterocycles. The molecule has 0 aliphatic carbocycles. The van der Waals surface area contributed by atoms with E-state index in [2.05, 4.69) is 27.9 Å². The number of benzene rings is 1. The van der Waals surface area contributed by atoms with Gasteiger partial charge in [-0.05, 0) is 80.5 Å². The van der Waals surface area contributed by atoms with Crippen LogP contribution in [0.3, 0.4) is 0 Å². The Morgan fingerprint density at radius 3 is 2.50 bits per heavy atom. The van der Waals surface area contributed by atoms with Crippen LogP contribution in [0, 0.1) is 3.57 Å². The van der Waals surface area contributed by atoms with Gasteiger partial charge >= 0.3 is 6.09 Å². The molecule has 1 saturated heterocycles. The van der Waals surface area contributed by atoms with Gasteiger partial charge in [0.2, 0.25) is 5.91 Å². The first kappa shape index (κ1) is 17.1. The van der Waals surface area contributed by atoms with E-state index < -0.39 is 17.7 Å². The van der Waals surface area contributed by atoms with Gasteiger partial charge in [0.1, 0.15) is 11.6 Å². The van der Waals surface area contributed by atoms with Crippen molar-refractivity contribution in [2.75, 3.05) is 11.9 Å². The Kier molecular flexibility index (Phi) is 5.31. The molecule has 0 spiro atoms. The smallest absolute Gasteiger partial charge is 0.410 e. The summed E-state index contributed by atoms with van der Waals surface area (Å²) in [5.74, 6) is -0.162. The normalized spacial score (nSPS) is 18.2. The van der Waals surface area contributed by atoms with Crippen molar-refractivity contribution in [3.05, 3.63) is 27.8 Å². The first-order chi connectivity index (χ1) is 10.3. The van der Waals surface area contributed by atoms with E-state index >= 15 is 0 Å². The Balaban J connectivity index is 2.01. The molecule has 0 unspecified atom stereocenters. The molecular weight excluding hydrogens is 395 g/mol. The second-order valence-corrected chi connectivity index (χ2v) is 7.57. The highest BCUT2D eigenvalue weighted by molar-refractivity contribution is 14.1. The van der Waals surface area contributed by atoms with Crippen LogP contribution in [0.2, 0.25) is 0 Å². The van der Waals surface area contributed by atoms with Crippen molar-refractivity contribution < 1.29 is 14.3 Å². The third-order valence-electron chi connectivity index (χ3n) is 3.30. The second kappa shape index (κ2) is 6.85. The minimum Gasteiger partial charge on any atom is -0.444 e. The van der Waals surface area contributed by atoms with Crippen molar-refractivity contribution in [3.63, 3.8) is 0 Å². The predicted octanol–water partition coefficient (Wildman–Crippen LogP) is 3.63. The Hall–Kier alpha value is -1.31. The van der Waals surface area contributed by atoms with Gasteiger partial charge in [0.05, 0.1) is 0 Å². The molecule has 1 aromatic rings. The summed E-state index contributed by atoms with van der Waals surface area (Å²) in [4.78, 5) is 26.1. The van der Waals surface area contributed by atoms with E-state index in [1.54, 1.807) is 0 Å². The zero-order chi connectivity index (χ0) is 16.3. The maximum atomic E-state index is 12.4. The van der Waals surface area contributed by atoms with Crippen LogP contribution < -0.4 is 5.32 Å². The third kappa shape index (κ3) is 4.59. The summed E-state index contributed by atoms with van der Waals surface area (Å²) in [7, 11) is 0. The molecule has 1 aliphatic heterocycles. The number of carbonyl (C=O) groups is 2. The van der Waals surface area contributed by atoms with Gasteiger partial charge in [-0.3, -0.25) is 9.69 Å². The molecule has 120 valence electrons. The van der Waals surface area contributed by atoms with Crippen LogP contribution >= 0.6 is 22.6 Å². The van der Waals surface area contributed by atoms with Gasteiger partial charge in [0.15, 0.2) is 0 Å². The Bertz CT molecular complexity index is 552. The number of ether oxygens (including phenoxy) is 1. The van der Waals surface area contributed by atoms with Crippen molar-refractivity contribution in [1.29, 1.82) is 0 Å². The molecule has 1 aromatic carbocycles. The molecule has 1 fully saturated rings. The van der Waals surface area contributed by atoms with E-state index in [1.807, 2.05) is 45.0 Å². The van der Waals surface area contributed by atoms with E-state index in [4.69, 9.17) is 4.74 Å². The van der Waals surface area contributed by atoms with Crippen LogP contribution in [0.15, 0.2) is 24.3 Å². The minimum absolute atomic E-state index is 0.162.